The van der Waals surface area contributed by atoms with Crippen LogP contribution in [0.25, 0.3) is 0 Å². The molecule has 7 heteroatoms. The van der Waals surface area contributed by atoms with Gasteiger partial charge in [-0.1, -0.05) is 12.1 Å². The van der Waals surface area contributed by atoms with E-state index in [9.17, 15) is 20.1 Å². The van der Waals surface area contributed by atoms with Crippen LogP contribution in [0.3, 0.4) is 0 Å². The second-order valence-electron chi connectivity index (χ2n) is 5.33. The monoisotopic (exact) mass is 348 g/mol. The molecule has 3 N–H and O–H groups in total. The van der Waals surface area contributed by atoms with Gasteiger partial charge in [0.15, 0.2) is 11.5 Å². The number of ether oxygens (including phenoxy) is 3. The maximum atomic E-state index is 11.8. The number of carboxylic acid groups (broad SMARTS) is 1. The number of methoxy groups -OCH3 is 3. The Morgan fingerprint density at radius 3 is 2.20 bits per heavy atom. The van der Waals surface area contributed by atoms with Gasteiger partial charge in [0.1, 0.15) is 11.5 Å². The summed E-state index contributed by atoms with van der Waals surface area (Å²) in [6.07, 6.45) is 0.00723. The lowest BCUT2D eigenvalue weighted by Crippen LogP contribution is -2.16. The summed E-state index contributed by atoms with van der Waals surface area (Å²) < 4.78 is 15.9. The van der Waals surface area contributed by atoms with Gasteiger partial charge < -0.3 is 29.5 Å². The van der Waals surface area contributed by atoms with E-state index in [2.05, 4.69) is 0 Å². The molecule has 0 aromatic heterocycles. The first kappa shape index (κ1) is 18.3. The van der Waals surface area contributed by atoms with Gasteiger partial charge in [0.2, 0.25) is 5.75 Å². The highest BCUT2D eigenvalue weighted by atomic mass is 16.5. The maximum Gasteiger partial charge on any atom is 0.311 e. The smallest absolute Gasteiger partial charge is 0.311 e. The van der Waals surface area contributed by atoms with Crippen molar-refractivity contribution in [3.8, 4) is 28.7 Å². The normalized spacial score (nSPS) is 11.6. The van der Waals surface area contributed by atoms with Gasteiger partial charge in [0, 0.05) is 11.6 Å². The summed E-state index contributed by atoms with van der Waals surface area (Å²) >= 11 is 0. The molecule has 0 fully saturated rings. The molecule has 0 radical (unpaired) electrons. The number of benzene rings is 2. The zero-order chi connectivity index (χ0) is 18.6. The molecule has 0 heterocycles. The predicted molar refractivity (Wildman–Crippen MR) is 90.0 cm³/mol. The molecule has 0 aliphatic heterocycles. The number of hydrogen-bond acceptors (Lipinski definition) is 6. The topological polar surface area (TPSA) is 105 Å². The molecule has 0 saturated carbocycles. The van der Waals surface area contributed by atoms with E-state index in [-0.39, 0.29) is 23.7 Å². The minimum Gasteiger partial charge on any atom is -0.508 e. The standard InChI is InChI=1S/C18H20O7/c1-23-15-7-6-12(16(24-2)17(15)25-3)13(18(21)22)8-10-4-5-11(19)9-14(10)20/h4-7,9,13,19-20H,8H2,1-3H3,(H,21,22). The number of carbonyl (C=O) groups is 1. The third-order valence-electron chi connectivity index (χ3n) is 3.90. The summed E-state index contributed by atoms with van der Waals surface area (Å²) in [4.78, 5) is 11.8. The van der Waals surface area contributed by atoms with E-state index in [4.69, 9.17) is 14.2 Å². The number of phenolic OH excluding ortho intramolecular Hbond substituents is 2. The molecule has 0 spiro atoms. The van der Waals surface area contributed by atoms with Gasteiger partial charge in [-0.05, 0) is 24.1 Å². The van der Waals surface area contributed by atoms with E-state index < -0.39 is 11.9 Å². The molecular weight excluding hydrogens is 328 g/mol. The van der Waals surface area contributed by atoms with Gasteiger partial charge in [-0.25, -0.2) is 0 Å². The van der Waals surface area contributed by atoms with Crippen LogP contribution >= 0.6 is 0 Å². The van der Waals surface area contributed by atoms with Gasteiger partial charge in [0.05, 0.1) is 27.2 Å². The lowest BCUT2D eigenvalue weighted by Gasteiger charge is -2.20. The highest BCUT2D eigenvalue weighted by Crippen LogP contribution is 2.43. The first-order valence-electron chi connectivity index (χ1n) is 7.45. The molecule has 1 atom stereocenters. The highest BCUT2D eigenvalue weighted by Gasteiger charge is 2.28. The van der Waals surface area contributed by atoms with Crippen LogP contribution in [-0.2, 0) is 11.2 Å². The Bertz CT molecular complexity index is 770. The third kappa shape index (κ3) is 3.71. The van der Waals surface area contributed by atoms with Crippen molar-refractivity contribution in [3.63, 3.8) is 0 Å². The van der Waals surface area contributed by atoms with Gasteiger partial charge in [-0.3, -0.25) is 4.79 Å². The van der Waals surface area contributed by atoms with Crippen molar-refractivity contribution >= 4 is 5.97 Å². The minimum atomic E-state index is -1.09. The number of rotatable bonds is 7. The summed E-state index contributed by atoms with van der Waals surface area (Å²) in [5.41, 5.74) is 0.780. The fraction of sp³-hybridized carbons (Fsp3) is 0.278. The van der Waals surface area contributed by atoms with E-state index in [1.807, 2.05) is 0 Å². The molecule has 2 aromatic carbocycles. The van der Waals surface area contributed by atoms with Crippen LogP contribution < -0.4 is 14.2 Å². The Kier molecular flexibility index (Phi) is 5.59. The Morgan fingerprint density at radius 1 is 1.00 bits per heavy atom. The Hall–Kier alpha value is -3.09. The number of phenols is 2. The van der Waals surface area contributed by atoms with Crippen molar-refractivity contribution < 1.29 is 34.3 Å². The second-order valence-corrected chi connectivity index (χ2v) is 5.33. The van der Waals surface area contributed by atoms with E-state index in [0.29, 0.717) is 22.6 Å². The van der Waals surface area contributed by atoms with Gasteiger partial charge in [-0.15, -0.1) is 0 Å². The largest absolute Gasteiger partial charge is 0.508 e. The first-order chi connectivity index (χ1) is 11.9. The van der Waals surface area contributed by atoms with Crippen LogP contribution in [0.2, 0.25) is 0 Å². The predicted octanol–water partition coefficient (Wildman–Crippen LogP) is 2.53. The van der Waals surface area contributed by atoms with Crippen molar-refractivity contribution in [1.29, 1.82) is 0 Å². The molecule has 134 valence electrons. The number of aromatic hydroxyl groups is 2. The van der Waals surface area contributed by atoms with Gasteiger partial charge in [0.25, 0.3) is 0 Å². The van der Waals surface area contributed by atoms with Crippen LogP contribution in [0.5, 0.6) is 28.7 Å². The summed E-state index contributed by atoms with van der Waals surface area (Å²) in [7, 11) is 4.32. The van der Waals surface area contributed by atoms with Crippen LogP contribution in [0, 0.1) is 0 Å². The molecule has 2 aromatic rings. The lowest BCUT2D eigenvalue weighted by molar-refractivity contribution is -0.138. The lowest BCUT2D eigenvalue weighted by atomic mass is 9.90. The highest BCUT2D eigenvalue weighted by molar-refractivity contribution is 5.79. The number of carboxylic acids is 1. The van der Waals surface area contributed by atoms with Crippen LogP contribution in [-0.4, -0.2) is 42.6 Å². The van der Waals surface area contributed by atoms with E-state index in [1.54, 1.807) is 12.1 Å². The summed E-state index contributed by atoms with van der Waals surface area (Å²) in [6, 6.07) is 7.23. The molecule has 7 nitrogen and oxygen atoms in total. The van der Waals surface area contributed by atoms with E-state index in [1.165, 1.54) is 39.5 Å². The summed E-state index contributed by atoms with van der Waals surface area (Å²) in [5, 5.41) is 29.0. The Balaban J connectivity index is 2.52. The average Bonchev–Trinajstić information content (AvgIpc) is 2.59. The molecule has 0 aliphatic carbocycles. The van der Waals surface area contributed by atoms with Crippen molar-refractivity contribution in [1.82, 2.24) is 0 Å². The average molecular weight is 348 g/mol. The zero-order valence-electron chi connectivity index (χ0n) is 14.1. The number of hydrogen-bond donors (Lipinski definition) is 3. The SMILES string of the molecule is COc1ccc(C(Cc2ccc(O)cc2O)C(=O)O)c(OC)c1OC. The third-order valence-corrected chi connectivity index (χ3v) is 3.90. The first-order valence-corrected chi connectivity index (χ1v) is 7.45. The molecule has 1 unspecified atom stereocenters. The molecule has 2 rings (SSSR count). The Morgan fingerprint density at radius 2 is 1.68 bits per heavy atom. The van der Waals surface area contributed by atoms with Crippen molar-refractivity contribution in [2.45, 2.75) is 12.3 Å². The molecular formula is C18H20O7. The molecule has 0 bridgehead atoms. The van der Waals surface area contributed by atoms with Crippen molar-refractivity contribution in [2.75, 3.05) is 21.3 Å². The second kappa shape index (κ2) is 7.65. The van der Waals surface area contributed by atoms with Crippen LogP contribution in [0.1, 0.15) is 17.0 Å². The summed E-state index contributed by atoms with van der Waals surface area (Å²) in [5.74, 6) is -1.39. The summed E-state index contributed by atoms with van der Waals surface area (Å²) in [6.45, 7) is 0. The quantitative estimate of drug-likeness (QED) is 0.706. The molecule has 0 saturated heterocycles. The van der Waals surface area contributed by atoms with Crippen LogP contribution in [0.15, 0.2) is 30.3 Å². The fourth-order valence-corrected chi connectivity index (χ4v) is 2.67. The van der Waals surface area contributed by atoms with Crippen LogP contribution in [0.4, 0.5) is 0 Å². The van der Waals surface area contributed by atoms with Gasteiger partial charge in [-0.2, -0.15) is 0 Å². The zero-order valence-corrected chi connectivity index (χ0v) is 14.1. The minimum absolute atomic E-state index is 0.00723. The molecule has 0 amide bonds. The van der Waals surface area contributed by atoms with E-state index >= 15 is 0 Å². The Labute approximate surface area is 145 Å². The molecule has 0 aliphatic rings. The van der Waals surface area contributed by atoms with Crippen molar-refractivity contribution in [3.05, 3.63) is 41.5 Å². The van der Waals surface area contributed by atoms with E-state index in [0.717, 1.165) is 0 Å². The van der Waals surface area contributed by atoms with Gasteiger partial charge >= 0.3 is 5.97 Å². The molecule has 25 heavy (non-hydrogen) atoms. The number of aliphatic carboxylic acids is 1. The maximum absolute atomic E-state index is 11.8. The van der Waals surface area contributed by atoms with Crippen molar-refractivity contribution in [2.24, 2.45) is 0 Å². The fourth-order valence-electron chi connectivity index (χ4n) is 2.67.